The van der Waals surface area contributed by atoms with Crippen LogP contribution in [0.5, 0.6) is 0 Å². The lowest BCUT2D eigenvalue weighted by Gasteiger charge is -2.15. The molecule has 1 N–H and O–H groups in total. The first-order valence-corrected chi connectivity index (χ1v) is 6.79. The minimum atomic E-state index is 0.517. The molecule has 1 heterocycles. The molecule has 0 aliphatic heterocycles. The van der Waals surface area contributed by atoms with Gasteiger partial charge in [0.05, 0.1) is 0 Å². The second kappa shape index (κ2) is 5.89. The second-order valence-electron chi connectivity index (χ2n) is 3.48. The van der Waals surface area contributed by atoms with Crippen molar-refractivity contribution in [3.8, 4) is 0 Å². The molecule has 3 heteroatoms. The molecule has 1 rings (SSSR count). The molecular formula is C11H18BrNS. The van der Waals surface area contributed by atoms with Crippen LogP contribution in [-0.4, -0.2) is 6.54 Å². The Kier molecular flexibility index (Phi) is 5.13. The van der Waals surface area contributed by atoms with E-state index in [-0.39, 0.29) is 0 Å². The molecule has 0 saturated carbocycles. The summed E-state index contributed by atoms with van der Waals surface area (Å²) in [6.45, 7) is 7.69. The van der Waals surface area contributed by atoms with Crippen molar-refractivity contribution in [2.75, 3.05) is 6.54 Å². The minimum absolute atomic E-state index is 0.517. The topological polar surface area (TPSA) is 12.0 Å². The summed E-state index contributed by atoms with van der Waals surface area (Å²) in [7, 11) is 0. The Morgan fingerprint density at radius 2 is 2.21 bits per heavy atom. The Morgan fingerprint density at radius 1 is 1.50 bits per heavy atom. The van der Waals surface area contributed by atoms with E-state index in [0.29, 0.717) is 6.04 Å². The summed E-state index contributed by atoms with van der Waals surface area (Å²) in [4.78, 5) is 2.82. The summed E-state index contributed by atoms with van der Waals surface area (Å²) in [6.07, 6.45) is 2.34. The Morgan fingerprint density at radius 3 is 2.64 bits per heavy atom. The average molecular weight is 276 g/mol. The van der Waals surface area contributed by atoms with E-state index in [4.69, 9.17) is 0 Å². The van der Waals surface area contributed by atoms with Crippen molar-refractivity contribution in [3.63, 3.8) is 0 Å². The maximum absolute atomic E-state index is 3.62. The quantitative estimate of drug-likeness (QED) is 0.846. The molecule has 0 amide bonds. The summed E-state index contributed by atoms with van der Waals surface area (Å²) in [5.74, 6) is 0. The second-order valence-corrected chi connectivity index (χ2v) is 5.63. The molecule has 1 aromatic heterocycles. The Labute approximate surface area is 99.0 Å². The third-order valence-electron chi connectivity index (χ3n) is 2.20. The van der Waals surface area contributed by atoms with E-state index in [2.05, 4.69) is 48.1 Å². The number of thiophene rings is 1. The van der Waals surface area contributed by atoms with Crippen LogP contribution in [0.1, 0.15) is 42.5 Å². The van der Waals surface area contributed by atoms with Gasteiger partial charge < -0.3 is 5.32 Å². The molecule has 0 aromatic carbocycles. The highest BCUT2D eigenvalue weighted by atomic mass is 79.9. The zero-order valence-corrected chi connectivity index (χ0v) is 11.5. The van der Waals surface area contributed by atoms with Crippen LogP contribution < -0.4 is 5.32 Å². The molecule has 0 bridgehead atoms. The van der Waals surface area contributed by atoms with Gasteiger partial charge in [-0.25, -0.2) is 0 Å². The van der Waals surface area contributed by atoms with Crippen LogP contribution in [0.25, 0.3) is 0 Å². The standard InChI is InChI=1S/C11H18BrNS/c1-4-6-13-10(5-2)11-9(12)7-8(3)14-11/h7,10,13H,4-6H2,1-3H3. The lowest BCUT2D eigenvalue weighted by Crippen LogP contribution is -2.20. The van der Waals surface area contributed by atoms with Crippen LogP contribution in [0.2, 0.25) is 0 Å². The van der Waals surface area contributed by atoms with Gasteiger partial charge in [0.15, 0.2) is 0 Å². The lowest BCUT2D eigenvalue weighted by atomic mass is 10.2. The molecule has 0 aliphatic carbocycles. The molecule has 0 fully saturated rings. The number of rotatable bonds is 5. The van der Waals surface area contributed by atoms with Gasteiger partial charge in [-0.2, -0.15) is 0 Å². The van der Waals surface area contributed by atoms with Gasteiger partial charge in [0.25, 0.3) is 0 Å². The highest BCUT2D eigenvalue weighted by Crippen LogP contribution is 2.33. The van der Waals surface area contributed by atoms with Crippen LogP contribution >= 0.6 is 27.3 Å². The predicted octanol–water partition coefficient (Wildman–Crippen LogP) is 4.27. The molecule has 0 saturated heterocycles. The van der Waals surface area contributed by atoms with E-state index < -0.39 is 0 Å². The van der Waals surface area contributed by atoms with E-state index in [1.54, 1.807) is 0 Å². The number of hydrogen-bond acceptors (Lipinski definition) is 2. The van der Waals surface area contributed by atoms with E-state index in [9.17, 15) is 0 Å². The molecule has 0 aliphatic rings. The molecule has 0 radical (unpaired) electrons. The summed E-state index contributed by atoms with van der Waals surface area (Å²) < 4.78 is 1.26. The first-order valence-electron chi connectivity index (χ1n) is 5.18. The first kappa shape index (κ1) is 12.2. The van der Waals surface area contributed by atoms with Crippen molar-refractivity contribution >= 4 is 27.3 Å². The van der Waals surface area contributed by atoms with Crippen molar-refractivity contribution in [1.29, 1.82) is 0 Å². The fraction of sp³-hybridized carbons (Fsp3) is 0.636. The molecular weight excluding hydrogens is 258 g/mol. The van der Waals surface area contributed by atoms with Crippen molar-refractivity contribution < 1.29 is 0 Å². The van der Waals surface area contributed by atoms with Crippen molar-refractivity contribution in [2.24, 2.45) is 0 Å². The van der Waals surface area contributed by atoms with Gasteiger partial charge in [-0.3, -0.25) is 0 Å². The number of nitrogens with one attached hydrogen (secondary N) is 1. The smallest absolute Gasteiger partial charge is 0.0423 e. The maximum Gasteiger partial charge on any atom is 0.0423 e. The zero-order valence-electron chi connectivity index (χ0n) is 9.06. The number of hydrogen-bond donors (Lipinski definition) is 1. The van der Waals surface area contributed by atoms with Gasteiger partial charge in [0.1, 0.15) is 0 Å². The van der Waals surface area contributed by atoms with E-state index in [1.807, 2.05) is 11.3 Å². The van der Waals surface area contributed by atoms with Crippen molar-refractivity contribution in [2.45, 2.75) is 39.7 Å². The summed E-state index contributed by atoms with van der Waals surface area (Å²) >= 11 is 5.51. The van der Waals surface area contributed by atoms with Crippen LogP contribution in [0, 0.1) is 6.92 Å². The molecule has 1 aromatic rings. The fourth-order valence-electron chi connectivity index (χ4n) is 1.48. The zero-order chi connectivity index (χ0) is 10.6. The Hall–Kier alpha value is 0.140. The third kappa shape index (κ3) is 3.07. The normalized spacial score (nSPS) is 13.1. The van der Waals surface area contributed by atoms with E-state index >= 15 is 0 Å². The maximum atomic E-state index is 3.62. The monoisotopic (exact) mass is 275 g/mol. The molecule has 80 valence electrons. The van der Waals surface area contributed by atoms with Gasteiger partial charge >= 0.3 is 0 Å². The van der Waals surface area contributed by atoms with Crippen molar-refractivity contribution in [1.82, 2.24) is 5.32 Å². The highest BCUT2D eigenvalue weighted by molar-refractivity contribution is 9.10. The molecule has 1 nitrogen and oxygen atoms in total. The van der Waals surface area contributed by atoms with E-state index in [0.717, 1.165) is 13.0 Å². The van der Waals surface area contributed by atoms with Crippen LogP contribution in [0.3, 0.4) is 0 Å². The molecule has 14 heavy (non-hydrogen) atoms. The summed E-state index contributed by atoms with van der Waals surface area (Å²) in [5.41, 5.74) is 0. The van der Waals surface area contributed by atoms with Gasteiger partial charge in [-0.15, -0.1) is 11.3 Å². The predicted molar refractivity (Wildman–Crippen MR) is 68.1 cm³/mol. The van der Waals surface area contributed by atoms with Gasteiger partial charge in [0, 0.05) is 20.3 Å². The van der Waals surface area contributed by atoms with Crippen LogP contribution in [-0.2, 0) is 0 Å². The van der Waals surface area contributed by atoms with Gasteiger partial charge in [-0.05, 0) is 48.3 Å². The lowest BCUT2D eigenvalue weighted by molar-refractivity contribution is 0.524. The Balaban J connectivity index is 2.72. The largest absolute Gasteiger partial charge is 0.309 e. The Bertz CT molecular complexity index is 283. The highest BCUT2D eigenvalue weighted by Gasteiger charge is 2.14. The summed E-state index contributed by atoms with van der Waals surface area (Å²) in [5, 5.41) is 3.57. The third-order valence-corrected chi connectivity index (χ3v) is 4.28. The van der Waals surface area contributed by atoms with Crippen LogP contribution in [0.4, 0.5) is 0 Å². The van der Waals surface area contributed by atoms with Crippen molar-refractivity contribution in [3.05, 3.63) is 20.3 Å². The van der Waals surface area contributed by atoms with E-state index in [1.165, 1.54) is 20.6 Å². The molecule has 0 spiro atoms. The van der Waals surface area contributed by atoms with Crippen LogP contribution in [0.15, 0.2) is 10.5 Å². The fourth-order valence-corrected chi connectivity index (χ4v) is 3.57. The summed E-state index contributed by atoms with van der Waals surface area (Å²) in [6, 6.07) is 2.72. The molecule has 1 unspecified atom stereocenters. The minimum Gasteiger partial charge on any atom is -0.309 e. The van der Waals surface area contributed by atoms with Gasteiger partial charge in [0.2, 0.25) is 0 Å². The van der Waals surface area contributed by atoms with Gasteiger partial charge in [-0.1, -0.05) is 13.8 Å². The average Bonchev–Trinajstić information content (AvgIpc) is 2.47. The number of aryl methyl sites for hydroxylation is 1. The first-order chi connectivity index (χ1) is 6.69. The SMILES string of the molecule is CCCNC(CC)c1sc(C)cc1Br. The molecule has 1 atom stereocenters. The number of halogens is 1.